The first-order valence-electron chi connectivity index (χ1n) is 10.2. The molecule has 7 nitrogen and oxygen atoms in total. The molecule has 0 saturated heterocycles. The fraction of sp³-hybridized carbons (Fsp3) is 0.154. The van der Waals surface area contributed by atoms with Crippen LogP contribution in [0.3, 0.4) is 0 Å². The zero-order chi connectivity index (χ0) is 23.6. The Bertz CT molecular complexity index is 1160. The highest BCUT2D eigenvalue weighted by Crippen LogP contribution is 2.29. The van der Waals surface area contributed by atoms with Gasteiger partial charge in [-0.1, -0.05) is 36.4 Å². The van der Waals surface area contributed by atoms with Crippen molar-refractivity contribution in [2.75, 3.05) is 19.5 Å². The van der Waals surface area contributed by atoms with E-state index in [0.29, 0.717) is 28.5 Å². The topological polar surface area (TPSA) is 83.1 Å². The van der Waals surface area contributed by atoms with Gasteiger partial charge in [0.1, 0.15) is 6.61 Å². The molecule has 3 aromatic carbocycles. The third-order valence-electron chi connectivity index (χ3n) is 4.60. The molecule has 33 heavy (non-hydrogen) atoms. The van der Waals surface area contributed by atoms with Crippen LogP contribution in [0.25, 0.3) is 6.08 Å². The number of methoxy groups -OCH3 is 2. The summed E-state index contributed by atoms with van der Waals surface area (Å²) in [6, 6.07) is 19.8. The molecule has 1 N–H and O–H groups in total. The highest BCUT2D eigenvalue weighted by Gasteiger charge is 2.09. The van der Waals surface area contributed by atoms with Gasteiger partial charge in [-0.25, -0.2) is 0 Å². The molecule has 0 radical (unpaired) electrons. The van der Waals surface area contributed by atoms with Crippen LogP contribution in [-0.4, -0.2) is 26.1 Å². The second-order valence-corrected chi connectivity index (χ2v) is 6.92. The smallest absolute Gasteiger partial charge is 0.308 e. The lowest BCUT2D eigenvalue weighted by Crippen LogP contribution is -2.11. The zero-order valence-electron chi connectivity index (χ0n) is 18.7. The Morgan fingerprint density at radius 2 is 1.52 bits per heavy atom. The molecule has 1 amide bonds. The van der Waals surface area contributed by atoms with E-state index in [4.69, 9.17) is 18.9 Å². The van der Waals surface area contributed by atoms with Gasteiger partial charge in [-0.15, -0.1) is 0 Å². The first kappa shape index (κ1) is 23.4. The second-order valence-electron chi connectivity index (χ2n) is 6.92. The molecule has 170 valence electrons. The van der Waals surface area contributed by atoms with Crippen molar-refractivity contribution in [2.24, 2.45) is 0 Å². The third kappa shape index (κ3) is 6.61. The Hall–Kier alpha value is -4.26. The van der Waals surface area contributed by atoms with Gasteiger partial charge >= 0.3 is 5.97 Å². The van der Waals surface area contributed by atoms with Gasteiger partial charge in [0.15, 0.2) is 23.0 Å². The zero-order valence-corrected chi connectivity index (χ0v) is 18.7. The molecule has 0 aromatic heterocycles. The summed E-state index contributed by atoms with van der Waals surface area (Å²) in [6.07, 6.45) is 3.02. The summed E-state index contributed by atoms with van der Waals surface area (Å²) in [4.78, 5) is 23.8. The Labute approximate surface area is 192 Å². The minimum Gasteiger partial charge on any atom is -0.493 e. The summed E-state index contributed by atoms with van der Waals surface area (Å²) in [6.45, 7) is 1.56. The summed E-state index contributed by atoms with van der Waals surface area (Å²) in [5.74, 6) is 1.18. The van der Waals surface area contributed by atoms with Crippen LogP contribution in [-0.2, 0) is 16.2 Å². The molecular weight excluding hydrogens is 422 g/mol. The normalized spacial score (nSPS) is 10.5. The molecule has 0 bridgehead atoms. The maximum atomic E-state index is 12.5. The summed E-state index contributed by atoms with van der Waals surface area (Å²) < 4.78 is 21.5. The van der Waals surface area contributed by atoms with Gasteiger partial charge in [-0.2, -0.15) is 0 Å². The molecule has 0 aliphatic heterocycles. The Kier molecular flexibility index (Phi) is 8.07. The van der Waals surface area contributed by atoms with Gasteiger partial charge in [0.2, 0.25) is 5.91 Å². The van der Waals surface area contributed by atoms with E-state index < -0.39 is 5.97 Å². The Morgan fingerprint density at radius 1 is 0.848 bits per heavy atom. The molecule has 0 atom stereocenters. The number of ether oxygens (including phenoxy) is 4. The third-order valence-corrected chi connectivity index (χ3v) is 4.60. The molecule has 7 heteroatoms. The van der Waals surface area contributed by atoms with E-state index in [9.17, 15) is 9.59 Å². The number of carbonyl (C=O) groups is 2. The van der Waals surface area contributed by atoms with Gasteiger partial charge in [-0.3, -0.25) is 9.59 Å². The number of carbonyl (C=O) groups excluding carboxylic acids is 2. The number of amides is 1. The van der Waals surface area contributed by atoms with E-state index in [1.165, 1.54) is 20.1 Å². The van der Waals surface area contributed by atoms with Gasteiger partial charge in [-0.05, 0) is 42.0 Å². The first-order chi connectivity index (χ1) is 16.0. The molecule has 0 aliphatic rings. The number of nitrogens with one attached hydrogen (secondary N) is 1. The van der Waals surface area contributed by atoms with E-state index >= 15 is 0 Å². The fourth-order valence-corrected chi connectivity index (χ4v) is 3.04. The van der Waals surface area contributed by atoms with Crippen molar-refractivity contribution in [3.05, 3.63) is 83.9 Å². The molecule has 0 heterocycles. The number of anilines is 1. The summed E-state index contributed by atoms with van der Waals surface area (Å²) in [5, 5.41) is 2.87. The number of rotatable bonds is 9. The summed E-state index contributed by atoms with van der Waals surface area (Å²) in [7, 11) is 3.07. The van der Waals surface area contributed by atoms with Crippen molar-refractivity contribution in [3.8, 4) is 23.0 Å². The summed E-state index contributed by atoms with van der Waals surface area (Å²) in [5.41, 5.74) is 2.12. The number of hydrogen-bond acceptors (Lipinski definition) is 6. The minimum absolute atomic E-state index is 0.255. The lowest BCUT2D eigenvalue weighted by atomic mass is 10.1. The predicted molar refractivity (Wildman–Crippen MR) is 126 cm³/mol. The van der Waals surface area contributed by atoms with E-state index in [0.717, 1.165) is 5.56 Å². The molecule has 0 unspecified atom stereocenters. The van der Waals surface area contributed by atoms with Gasteiger partial charge < -0.3 is 24.3 Å². The average Bonchev–Trinajstić information content (AvgIpc) is 2.82. The van der Waals surface area contributed by atoms with Crippen LogP contribution in [0, 0.1) is 0 Å². The molecular formula is C26H25NO6. The lowest BCUT2D eigenvalue weighted by Gasteiger charge is -2.13. The number of esters is 1. The molecule has 0 spiro atoms. The Morgan fingerprint density at radius 3 is 2.24 bits per heavy atom. The van der Waals surface area contributed by atoms with E-state index in [1.807, 2.05) is 42.5 Å². The maximum Gasteiger partial charge on any atom is 0.308 e. The van der Waals surface area contributed by atoms with Crippen LogP contribution in [0.5, 0.6) is 23.0 Å². The van der Waals surface area contributed by atoms with Gasteiger partial charge in [0.05, 0.1) is 14.2 Å². The summed E-state index contributed by atoms with van der Waals surface area (Å²) >= 11 is 0. The van der Waals surface area contributed by atoms with Crippen LogP contribution in [0.15, 0.2) is 72.8 Å². The van der Waals surface area contributed by atoms with Gasteiger partial charge in [0.25, 0.3) is 0 Å². The van der Waals surface area contributed by atoms with Crippen molar-refractivity contribution < 1.29 is 28.5 Å². The average molecular weight is 447 g/mol. The maximum absolute atomic E-state index is 12.5. The highest BCUT2D eigenvalue weighted by atomic mass is 16.6. The number of hydrogen-bond donors (Lipinski definition) is 1. The van der Waals surface area contributed by atoms with E-state index in [-0.39, 0.29) is 18.3 Å². The predicted octanol–water partition coefficient (Wildman–Crippen LogP) is 4.86. The fourth-order valence-electron chi connectivity index (χ4n) is 3.04. The van der Waals surface area contributed by atoms with Crippen molar-refractivity contribution >= 4 is 23.6 Å². The van der Waals surface area contributed by atoms with Crippen molar-refractivity contribution in [3.63, 3.8) is 0 Å². The van der Waals surface area contributed by atoms with Crippen molar-refractivity contribution in [2.45, 2.75) is 13.5 Å². The first-order valence-corrected chi connectivity index (χ1v) is 10.2. The quantitative estimate of drug-likeness (QED) is 0.287. The van der Waals surface area contributed by atoms with Crippen molar-refractivity contribution in [1.29, 1.82) is 0 Å². The monoisotopic (exact) mass is 447 g/mol. The van der Waals surface area contributed by atoms with Gasteiger partial charge in [0, 0.05) is 24.3 Å². The van der Waals surface area contributed by atoms with E-state index in [1.54, 1.807) is 37.5 Å². The van der Waals surface area contributed by atoms with E-state index in [2.05, 4.69) is 5.32 Å². The lowest BCUT2D eigenvalue weighted by molar-refractivity contribution is -0.132. The van der Waals surface area contributed by atoms with Crippen LogP contribution in [0.4, 0.5) is 5.69 Å². The Balaban J connectivity index is 1.68. The molecule has 0 aliphatic carbocycles. The molecule has 0 saturated carbocycles. The van der Waals surface area contributed by atoms with Crippen molar-refractivity contribution in [1.82, 2.24) is 0 Å². The molecule has 0 fully saturated rings. The SMILES string of the molecule is COc1ccccc1OCc1ccccc1NC(=O)C=Cc1ccc(OC)c(OC(C)=O)c1. The van der Waals surface area contributed by atoms with Crippen LogP contribution in [0.2, 0.25) is 0 Å². The molecule has 3 aromatic rings. The molecule has 3 rings (SSSR count). The standard InChI is InChI=1S/C26H25NO6/c1-18(28)33-25-16-19(12-14-23(25)31-3)13-15-26(29)27-21-9-5-4-8-20(21)17-32-24-11-7-6-10-22(24)30-2/h4-16H,17H2,1-3H3,(H,27,29). The second kappa shape index (κ2) is 11.4. The van der Waals surface area contributed by atoms with Crippen LogP contribution < -0.4 is 24.3 Å². The largest absolute Gasteiger partial charge is 0.493 e. The number of benzene rings is 3. The van der Waals surface area contributed by atoms with Crippen LogP contribution >= 0.6 is 0 Å². The number of para-hydroxylation sites is 3. The minimum atomic E-state index is -0.459. The van der Waals surface area contributed by atoms with Crippen LogP contribution in [0.1, 0.15) is 18.1 Å². The highest BCUT2D eigenvalue weighted by molar-refractivity contribution is 6.02.